The van der Waals surface area contributed by atoms with Gasteiger partial charge in [-0.25, -0.2) is 0 Å². The zero-order chi connectivity index (χ0) is 18.9. The monoisotopic (exact) mass is 372 g/mol. The Morgan fingerprint density at radius 2 is 1.96 bits per heavy atom. The van der Waals surface area contributed by atoms with E-state index in [2.05, 4.69) is 4.90 Å². The van der Waals surface area contributed by atoms with E-state index in [1.807, 2.05) is 36.1 Å². The maximum atomic E-state index is 12.7. The molecule has 1 spiro atoms. The average Bonchev–Trinajstić information content (AvgIpc) is 3.30. The van der Waals surface area contributed by atoms with E-state index in [0.29, 0.717) is 6.04 Å². The predicted molar refractivity (Wildman–Crippen MR) is 105 cm³/mol. The van der Waals surface area contributed by atoms with E-state index < -0.39 is 0 Å². The van der Waals surface area contributed by atoms with Crippen molar-refractivity contribution in [3.05, 3.63) is 35.4 Å². The minimum atomic E-state index is 0.156. The third kappa shape index (κ3) is 4.05. The first kappa shape index (κ1) is 18.9. The highest BCUT2D eigenvalue weighted by molar-refractivity contribution is 5.94. The molecule has 4 rings (SSSR count). The van der Waals surface area contributed by atoms with Crippen LogP contribution in [0.3, 0.4) is 0 Å². The van der Waals surface area contributed by atoms with Crippen LogP contribution in [-0.2, 0) is 4.74 Å². The highest BCUT2D eigenvalue weighted by Crippen LogP contribution is 2.42. The lowest BCUT2D eigenvalue weighted by molar-refractivity contribution is 0.0401. The molecule has 27 heavy (non-hydrogen) atoms. The number of aliphatic hydroxyl groups excluding tert-OH is 1. The Balaban J connectivity index is 1.30. The highest BCUT2D eigenvalue weighted by Gasteiger charge is 2.44. The maximum Gasteiger partial charge on any atom is 0.253 e. The SMILES string of the molecule is Cc1ccc(C(=O)N2CCC3(CC2)COC(CN2CCC[C@H]2CO)C3)cc1. The minimum Gasteiger partial charge on any atom is -0.395 e. The first-order chi connectivity index (χ1) is 13.1. The lowest BCUT2D eigenvalue weighted by atomic mass is 9.76. The van der Waals surface area contributed by atoms with Crippen LogP contribution in [0.2, 0.25) is 0 Å². The van der Waals surface area contributed by atoms with Crippen molar-refractivity contribution in [2.24, 2.45) is 5.41 Å². The molecular weight excluding hydrogens is 340 g/mol. The van der Waals surface area contributed by atoms with E-state index in [1.165, 1.54) is 12.0 Å². The molecule has 0 radical (unpaired) electrons. The molecule has 1 aromatic rings. The number of likely N-dealkylation sites (tertiary alicyclic amines) is 2. The zero-order valence-corrected chi connectivity index (χ0v) is 16.4. The van der Waals surface area contributed by atoms with Gasteiger partial charge in [0, 0.05) is 31.2 Å². The van der Waals surface area contributed by atoms with Gasteiger partial charge in [0.15, 0.2) is 0 Å². The van der Waals surface area contributed by atoms with Crippen LogP contribution >= 0.6 is 0 Å². The summed E-state index contributed by atoms with van der Waals surface area (Å²) in [5.41, 5.74) is 2.21. The number of ether oxygens (including phenoxy) is 1. The normalized spacial score (nSPS) is 28.1. The van der Waals surface area contributed by atoms with Gasteiger partial charge in [-0.1, -0.05) is 17.7 Å². The van der Waals surface area contributed by atoms with E-state index in [4.69, 9.17) is 4.74 Å². The largest absolute Gasteiger partial charge is 0.395 e. The number of rotatable bonds is 4. The summed E-state index contributed by atoms with van der Waals surface area (Å²) in [6, 6.07) is 8.20. The standard InChI is InChI=1S/C22H32N2O3/c1-17-4-6-18(7-5-17)21(26)23-11-8-22(9-12-23)13-20(27-16-22)14-24-10-2-3-19(24)15-25/h4-7,19-20,25H,2-3,8-16H2,1H3/t19-,20?/m0/s1. The van der Waals surface area contributed by atoms with E-state index in [-0.39, 0.29) is 24.0 Å². The molecule has 1 unspecified atom stereocenters. The van der Waals surface area contributed by atoms with E-state index in [1.54, 1.807) is 0 Å². The first-order valence-corrected chi connectivity index (χ1v) is 10.4. The fourth-order valence-corrected chi connectivity index (χ4v) is 5.03. The molecule has 3 saturated heterocycles. The number of aryl methyl sites for hydroxylation is 1. The summed E-state index contributed by atoms with van der Waals surface area (Å²) in [7, 11) is 0. The Morgan fingerprint density at radius 3 is 2.67 bits per heavy atom. The number of hydrogen-bond acceptors (Lipinski definition) is 4. The Morgan fingerprint density at radius 1 is 1.22 bits per heavy atom. The first-order valence-electron chi connectivity index (χ1n) is 10.4. The summed E-state index contributed by atoms with van der Waals surface area (Å²) in [5.74, 6) is 0.156. The van der Waals surface area contributed by atoms with Crippen LogP contribution in [0.5, 0.6) is 0 Å². The van der Waals surface area contributed by atoms with Gasteiger partial charge in [-0.2, -0.15) is 0 Å². The molecule has 148 valence electrons. The molecule has 3 fully saturated rings. The molecule has 0 bridgehead atoms. The van der Waals surface area contributed by atoms with Gasteiger partial charge < -0.3 is 14.7 Å². The smallest absolute Gasteiger partial charge is 0.253 e. The summed E-state index contributed by atoms with van der Waals surface area (Å²) in [6.45, 7) is 6.80. The number of benzene rings is 1. The second-order valence-corrected chi connectivity index (χ2v) is 8.77. The number of piperidine rings is 1. The summed E-state index contributed by atoms with van der Waals surface area (Å²) < 4.78 is 6.17. The third-order valence-electron chi connectivity index (χ3n) is 6.84. The molecule has 3 heterocycles. The van der Waals surface area contributed by atoms with Crippen molar-refractivity contribution in [3.63, 3.8) is 0 Å². The molecule has 1 N–H and O–H groups in total. The predicted octanol–water partition coefficient (Wildman–Crippen LogP) is 2.46. The Bertz CT molecular complexity index is 652. The van der Waals surface area contributed by atoms with Crippen molar-refractivity contribution < 1.29 is 14.6 Å². The lowest BCUT2D eigenvalue weighted by Crippen LogP contribution is -2.44. The fourth-order valence-electron chi connectivity index (χ4n) is 5.03. The van der Waals surface area contributed by atoms with Gasteiger partial charge in [0.2, 0.25) is 0 Å². The number of carbonyl (C=O) groups excluding carboxylic acids is 1. The van der Waals surface area contributed by atoms with Crippen molar-refractivity contribution >= 4 is 5.91 Å². The van der Waals surface area contributed by atoms with Crippen molar-refractivity contribution in [3.8, 4) is 0 Å². The molecule has 0 saturated carbocycles. The van der Waals surface area contributed by atoms with E-state index in [0.717, 1.165) is 64.0 Å². The topological polar surface area (TPSA) is 53.0 Å². The number of nitrogens with zero attached hydrogens (tertiary/aromatic N) is 2. The summed E-state index contributed by atoms with van der Waals surface area (Å²) in [5, 5.41) is 9.52. The quantitative estimate of drug-likeness (QED) is 0.882. The third-order valence-corrected chi connectivity index (χ3v) is 6.84. The lowest BCUT2D eigenvalue weighted by Gasteiger charge is -2.38. The summed E-state index contributed by atoms with van der Waals surface area (Å²) >= 11 is 0. The van der Waals surface area contributed by atoms with Gasteiger partial charge in [0.05, 0.1) is 19.3 Å². The summed E-state index contributed by atoms with van der Waals surface area (Å²) in [6.07, 6.45) is 5.71. The second kappa shape index (κ2) is 7.90. The van der Waals surface area contributed by atoms with Gasteiger partial charge in [0.25, 0.3) is 5.91 Å². The molecule has 3 aliphatic rings. The van der Waals surface area contributed by atoms with E-state index in [9.17, 15) is 9.90 Å². The van der Waals surface area contributed by atoms with Crippen LogP contribution in [0, 0.1) is 12.3 Å². The fraction of sp³-hybridized carbons (Fsp3) is 0.682. The number of hydrogen-bond donors (Lipinski definition) is 1. The van der Waals surface area contributed by atoms with Crippen LogP contribution in [0.4, 0.5) is 0 Å². The van der Waals surface area contributed by atoms with Crippen LogP contribution in [0.15, 0.2) is 24.3 Å². The van der Waals surface area contributed by atoms with Gasteiger partial charge >= 0.3 is 0 Å². The average molecular weight is 373 g/mol. The molecule has 2 atom stereocenters. The second-order valence-electron chi connectivity index (χ2n) is 8.77. The number of amides is 1. The van der Waals surface area contributed by atoms with Crippen molar-refractivity contribution in [2.45, 2.75) is 51.2 Å². The van der Waals surface area contributed by atoms with Crippen molar-refractivity contribution in [1.29, 1.82) is 0 Å². The Labute approximate surface area is 162 Å². The molecule has 0 aromatic heterocycles. The van der Waals surface area contributed by atoms with Gasteiger partial charge in [-0.05, 0) is 63.1 Å². The number of carbonyl (C=O) groups is 1. The van der Waals surface area contributed by atoms with Crippen molar-refractivity contribution in [1.82, 2.24) is 9.80 Å². The minimum absolute atomic E-state index is 0.156. The maximum absolute atomic E-state index is 12.7. The van der Waals surface area contributed by atoms with Crippen LogP contribution in [0.1, 0.15) is 48.0 Å². The number of aliphatic hydroxyl groups is 1. The molecule has 0 aliphatic carbocycles. The molecule has 1 amide bonds. The zero-order valence-electron chi connectivity index (χ0n) is 16.4. The van der Waals surface area contributed by atoms with Gasteiger partial charge in [0.1, 0.15) is 0 Å². The molecule has 5 nitrogen and oxygen atoms in total. The molecule has 1 aromatic carbocycles. The molecule has 3 aliphatic heterocycles. The van der Waals surface area contributed by atoms with Crippen LogP contribution in [-0.4, -0.2) is 72.4 Å². The highest BCUT2D eigenvalue weighted by atomic mass is 16.5. The van der Waals surface area contributed by atoms with Crippen LogP contribution < -0.4 is 0 Å². The van der Waals surface area contributed by atoms with Crippen LogP contribution in [0.25, 0.3) is 0 Å². The summed E-state index contributed by atoms with van der Waals surface area (Å²) in [4.78, 5) is 17.2. The van der Waals surface area contributed by atoms with Crippen molar-refractivity contribution in [2.75, 3.05) is 39.4 Å². The molecular formula is C22H32N2O3. The van der Waals surface area contributed by atoms with Gasteiger partial charge in [-0.15, -0.1) is 0 Å². The Kier molecular flexibility index (Phi) is 5.53. The Hall–Kier alpha value is -1.43. The van der Waals surface area contributed by atoms with E-state index >= 15 is 0 Å². The van der Waals surface area contributed by atoms with Gasteiger partial charge in [-0.3, -0.25) is 9.69 Å². The molecule has 5 heteroatoms.